The highest BCUT2D eigenvalue weighted by molar-refractivity contribution is 6.34. The second kappa shape index (κ2) is 5.47. The molecular weight excluding hydrogens is 290 g/mol. The molecule has 2 aromatic rings. The fourth-order valence-electron chi connectivity index (χ4n) is 1.52. The molecule has 0 aliphatic rings. The third-order valence-corrected chi connectivity index (χ3v) is 3.00. The number of carbonyl (C=O) groups is 1. The number of nitrogens with two attached hydrogens (primary N) is 1. The van der Waals surface area contributed by atoms with Crippen LogP contribution in [0.5, 0.6) is 0 Å². The van der Waals surface area contributed by atoms with Gasteiger partial charge in [0.2, 0.25) is 0 Å². The van der Waals surface area contributed by atoms with Gasteiger partial charge in [-0.3, -0.25) is 4.79 Å². The first kappa shape index (κ1) is 13.6. The summed E-state index contributed by atoms with van der Waals surface area (Å²) in [5, 5.41) is 3.16. The van der Waals surface area contributed by atoms with Gasteiger partial charge in [0.25, 0.3) is 5.91 Å². The van der Waals surface area contributed by atoms with Crippen LogP contribution in [-0.4, -0.2) is 5.91 Å². The van der Waals surface area contributed by atoms with Crippen LogP contribution in [0.3, 0.4) is 0 Å². The van der Waals surface area contributed by atoms with Gasteiger partial charge in [0.1, 0.15) is 5.82 Å². The summed E-state index contributed by atoms with van der Waals surface area (Å²) in [5.41, 5.74) is 6.35. The van der Waals surface area contributed by atoms with Crippen molar-refractivity contribution in [2.24, 2.45) is 0 Å². The summed E-state index contributed by atoms with van der Waals surface area (Å²) < 4.78 is 13.1. The first-order valence-corrected chi connectivity index (χ1v) is 6.04. The molecule has 3 N–H and O–H groups in total. The van der Waals surface area contributed by atoms with Crippen molar-refractivity contribution in [1.29, 1.82) is 0 Å². The third-order valence-electron chi connectivity index (χ3n) is 2.43. The minimum absolute atomic E-state index is 0.181. The number of rotatable bonds is 2. The van der Waals surface area contributed by atoms with Gasteiger partial charge >= 0.3 is 0 Å². The van der Waals surface area contributed by atoms with E-state index in [1.165, 1.54) is 24.3 Å². The molecule has 1 amide bonds. The predicted octanol–water partition coefficient (Wildman–Crippen LogP) is 3.97. The summed E-state index contributed by atoms with van der Waals surface area (Å²) in [7, 11) is 0. The molecule has 0 aliphatic carbocycles. The van der Waals surface area contributed by atoms with Crippen molar-refractivity contribution in [2.75, 3.05) is 11.1 Å². The Morgan fingerprint density at radius 2 is 1.89 bits per heavy atom. The number of anilines is 2. The van der Waals surface area contributed by atoms with Crippen LogP contribution in [0.25, 0.3) is 0 Å². The fraction of sp³-hybridized carbons (Fsp3) is 0. The molecule has 0 aromatic heterocycles. The molecule has 0 heterocycles. The van der Waals surface area contributed by atoms with E-state index >= 15 is 0 Å². The topological polar surface area (TPSA) is 55.1 Å². The van der Waals surface area contributed by atoms with Crippen molar-refractivity contribution in [3.8, 4) is 0 Å². The Balaban J connectivity index is 2.28. The van der Waals surface area contributed by atoms with Crippen molar-refractivity contribution in [3.05, 3.63) is 57.8 Å². The molecule has 0 bridgehead atoms. The Morgan fingerprint density at radius 3 is 2.58 bits per heavy atom. The zero-order chi connectivity index (χ0) is 14.0. The lowest BCUT2D eigenvalue weighted by atomic mass is 10.1. The molecule has 0 radical (unpaired) electrons. The van der Waals surface area contributed by atoms with Gasteiger partial charge in [-0.15, -0.1) is 0 Å². The van der Waals surface area contributed by atoms with Crippen molar-refractivity contribution in [3.63, 3.8) is 0 Å². The molecule has 0 unspecified atom stereocenters. The van der Waals surface area contributed by atoms with E-state index in [0.717, 1.165) is 6.07 Å². The zero-order valence-electron chi connectivity index (χ0n) is 9.58. The van der Waals surface area contributed by atoms with Crippen molar-refractivity contribution < 1.29 is 9.18 Å². The average Bonchev–Trinajstić information content (AvgIpc) is 2.33. The van der Waals surface area contributed by atoms with Crippen molar-refractivity contribution in [1.82, 2.24) is 0 Å². The summed E-state index contributed by atoms with van der Waals surface area (Å²) in [6.45, 7) is 0. The Labute approximate surface area is 119 Å². The van der Waals surface area contributed by atoms with Gasteiger partial charge < -0.3 is 11.1 Å². The molecule has 0 aliphatic heterocycles. The SMILES string of the molecule is Nc1cc(Cl)ccc1C(=O)Nc1cc(F)ccc1Cl. The normalized spacial score (nSPS) is 10.3. The molecule has 2 rings (SSSR count). The van der Waals surface area contributed by atoms with E-state index < -0.39 is 11.7 Å². The molecule has 0 fully saturated rings. The van der Waals surface area contributed by atoms with Gasteiger partial charge in [-0.05, 0) is 36.4 Å². The van der Waals surface area contributed by atoms with E-state index in [0.29, 0.717) is 5.02 Å². The molecule has 2 aromatic carbocycles. The van der Waals surface area contributed by atoms with E-state index in [9.17, 15) is 9.18 Å². The quantitative estimate of drug-likeness (QED) is 0.824. The minimum Gasteiger partial charge on any atom is -0.398 e. The van der Waals surface area contributed by atoms with E-state index in [-0.39, 0.29) is 22.0 Å². The summed E-state index contributed by atoms with van der Waals surface area (Å²) in [6.07, 6.45) is 0. The molecule has 0 saturated heterocycles. The Morgan fingerprint density at radius 1 is 1.16 bits per heavy atom. The first-order valence-electron chi connectivity index (χ1n) is 5.29. The summed E-state index contributed by atoms with van der Waals surface area (Å²) in [4.78, 5) is 12.0. The standard InChI is InChI=1S/C13H9Cl2FN2O/c14-7-1-3-9(11(17)5-7)13(19)18-12-6-8(16)2-4-10(12)15/h1-6H,17H2,(H,18,19). The van der Waals surface area contributed by atoms with E-state index in [4.69, 9.17) is 28.9 Å². The monoisotopic (exact) mass is 298 g/mol. The van der Waals surface area contributed by atoms with Gasteiger partial charge in [0.15, 0.2) is 0 Å². The highest BCUT2D eigenvalue weighted by Crippen LogP contribution is 2.24. The Kier molecular flexibility index (Phi) is 3.93. The van der Waals surface area contributed by atoms with Crippen LogP contribution in [-0.2, 0) is 0 Å². The molecule has 0 spiro atoms. The average molecular weight is 299 g/mol. The van der Waals surface area contributed by atoms with Gasteiger partial charge in [0, 0.05) is 10.7 Å². The maximum atomic E-state index is 13.1. The van der Waals surface area contributed by atoms with Gasteiger partial charge in [-0.25, -0.2) is 4.39 Å². The third kappa shape index (κ3) is 3.16. The number of benzene rings is 2. The van der Waals surface area contributed by atoms with Crippen molar-refractivity contribution in [2.45, 2.75) is 0 Å². The Bertz CT molecular complexity index is 647. The van der Waals surface area contributed by atoms with Crippen LogP contribution in [0.2, 0.25) is 10.0 Å². The molecule has 19 heavy (non-hydrogen) atoms. The number of nitrogen functional groups attached to an aromatic ring is 1. The van der Waals surface area contributed by atoms with Crippen LogP contribution in [0.1, 0.15) is 10.4 Å². The summed E-state index contributed by atoms with van der Waals surface area (Å²) in [5.74, 6) is -0.981. The van der Waals surface area contributed by atoms with E-state index in [1.807, 2.05) is 0 Å². The second-order valence-electron chi connectivity index (χ2n) is 3.81. The van der Waals surface area contributed by atoms with Crippen LogP contribution in [0, 0.1) is 5.82 Å². The predicted molar refractivity (Wildman–Crippen MR) is 75.2 cm³/mol. The maximum Gasteiger partial charge on any atom is 0.257 e. The van der Waals surface area contributed by atoms with Crippen molar-refractivity contribution >= 4 is 40.5 Å². The van der Waals surface area contributed by atoms with Crippen LogP contribution in [0.15, 0.2) is 36.4 Å². The van der Waals surface area contributed by atoms with Crippen LogP contribution < -0.4 is 11.1 Å². The Hall–Kier alpha value is -1.78. The molecular formula is C13H9Cl2FN2O. The minimum atomic E-state index is -0.497. The lowest BCUT2D eigenvalue weighted by molar-refractivity contribution is 0.102. The highest BCUT2D eigenvalue weighted by Gasteiger charge is 2.12. The van der Waals surface area contributed by atoms with E-state index in [2.05, 4.69) is 5.32 Å². The van der Waals surface area contributed by atoms with Gasteiger partial charge in [0.05, 0.1) is 16.3 Å². The molecule has 0 saturated carbocycles. The molecule has 6 heteroatoms. The number of halogens is 3. The van der Waals surface area contributed by atoms with Crippen LogP contribution >= 0.6 is 23.2 Å². The smallest absolute Gasteiger partial charge is 0.257 e. The number of nitrogens with one attached hydrogen (secondary N) is 1. The molecule has 3 nitrogen and oxygen atoms in total. The number of carbonyl (C=O) groups excluding carboxylic acids is 1. The first-order chi connectivity index (χ1) is 8.97. The largest absolute Gasteiger partial charge is 0.398 e. The van der Waals surface area contributed by atoms with Crippen LogP contribution in [0.4, 0.5) is 15.8 Å². The molecule has 98 valence electrons. The highest BCUT2D eigenvalue weighted by atomic mass is 35.5. The van der Waals surface area contributed by atoms with E-state index in [1.54, 1.807) is 6.07 Å². The van der Waals surface area contributed by atoms with Gasteiger partial charge in [-0.2, -0.15) is 0 Å². The fourth-order valence-corrected chi connectivity index (χ4v) is 1.87. The molecule has 0 atom stereocenters. The number of amides is 1. The summed E-state index contributed by atoms with van der Waals surface area (Å²) in [6, 6.07) is 8.18. The number of hydrogen-bond donors (Lipinski definition) is 2. The second-order valence-corrected chi connectivity index (χ2v) is 4.65. The lowest BCUT2D eigenvalue weighted by Crippen LogP contribution is -2.14. The van der Waals surface area contributed by atoms with Gasteiger partial charge in [-0.1, -0.05) is 23.2 Å². The number of hydrogen-bond acceptors (Lipinski definition) is 2. The lowest BCUT2D eigenvalue weighted by Gasteiger charge is -2.09. The summed E-state index contributed by atoms with van der Waals surface area (Å²) >= 11 is 11.6. The maximum absolute atomic E-state index is 13.1. The zero-order valence-corrected chi connectivity index (χ0v) is 11.1.